The van der Waals surface area contributed by atoms with Crippen molar-refractivity contribution in [3.8, 4) is 46.0 Å². The number of likely N-dealkylation sites (tertiary alicyclic amines) is 2. The first kappa shape index (κ1) is 42.3. The van der Waals surface area contributed by atoms with Gasteiger partial charge >= 0.3 is 11.9 Å². The summed E-state index contributed by atoms with van der Waals surface area (Å²) >= 11 is 0. The third kappa shape index (κ3) is 9.17. The van der Waals surface area contributed by atoms with Crippen molar-refractivity contribution in [1.82, 2.24) is 9.80 Å². The number of carboxylic acid groups (broad SMARTS) is 2. The van der Waals surface area contributed by atoms with E-state index in [0.29, 0.717) is 46.0 Å². The first-order chi connectivity index (χ1) is 28.1. The van der Waals surface area contributed by atoms with Crippen LogP contribution in [0, 0.1) is 11.8 Å². The molecule has 18 nitrogen and oxygen atoms in total. The van der Waals surface area contributed by atoms with Gasteiger partial charge in [-0.05, 0) is 64.0 Å². The van der Waals surface area contributed by atoms with E-state index in [1.54, 1.807) is 28.4 Å². The van der Waals surface area contributed by atoms with Crippen LogP contribution < -0.4 is 37.9 Å². The Morgan fingerprint density at radius 1 is 0.603 bits per heavy atom. The lowest BCUT2D eigenvalue weighted by Gasteiger charge is -2.27. The van der Waals surface area contributed by atoms with E-state index in [4.69, 9.17) is 67.4 Å². The fraction of sp³-hybridized carbons (Fsp3) is 0.600. The molecule has 6 aliphatic heterocycles. The molecule has 2 aromatic rings. The first-order valence-corrected chi connectivity index (χ1v) is 19.5. The molecule has 0 saturated carbocycles. The zero-order valence-electron chi connectivity index (χ0n) is 33.9. The number of methoxy groups -OCH3 is 4. The van der Waals surface area contributed by atoms with Crippen LogP contribution in [0.5, 0.6) is 46.0 Å². The van der Waals surface area contributed by atoms with Crippen molar-refractivity contribution in [2.45, 2.75) is 64.6 Å². The van der Waals surface area contributed by atoms with Gasteiger partial charge in [0.05, 0.1) is 39.9 Å². The van der Waals surface area contributed by atoms with Gasteiger partial charge in [-0.1, -0.05) is 37.0 Å². The minimum Gasteiger partial charge on any atom is -0.493 e. The van der Waals surface area contributed by atoms with Gasteiger partial charge < -0.3 is 57.8 Å². The Hall–Kier alpha value is -5.36. The molecule has 4 unspecified atom stereocenters. The van der Waals surface area contributed by atoms with Crippen molar-refractivity contribution in [3.05, 3.63) is 23.3 Å². The number of oxime groups is 2. The summed E-state index contributed by atoms with van der Waals surface area (Å²) in [5.74, 6) is 1.44. The maximum absolute atomic E-state index is 9.10. The number of nitrogens with zero attached hydrogens (tertiary/aromatic N) is 4. The van der Waals surface area contributed by atoms with Crippen LogP contribution in [0.1, 0.15) is 75.7 Å². The van der Waals surface area contributed by atoms with Gasteiger partial charge in [0.25, 0.3) is 0 Å². The van der Waals surface area contributed by atoms with Crippen molar-refractivity contribution in [2.75, 3.05) is 81.3 Å². The van der Waals surface area contributed by atoms with E-state index >= 15 is 0 Å². The van der Waals surface area contributed by atoms with E-state index in [0.717, 1.165) is 61.8 Å². The number of aliphatic carboxylic acids is 2. The Bertz CT molecular complexity index is 1710. The third-order valence-electron chi connectivity index (χ3n) is 11.0. The number of fused-ring (bicyclic) bond motifs is 2. The molecule has 318 valence electrons. The summed E-state index contributed by atoms with van der Waals surface area (Å²) in [7, 11) is 6.49. The largest absolute Gasteiger partial charge is 0.493 e. The number of rotatable bonds is 10. The molecule has 0 bridgehead atoms. The zero-order chi connectivity index (χ0) is 41.3. The molecule has 6 aliphatic rings. The number of benzene rings is 2. The maximum atomic E-state index is 9.10. The van der Waals surface area contributed by atoms with Gasteiger partial charge in [-0.2, -0.15) is 0 Å². The average molecular weight is 815 g/mol. The third-order valence-corrected chi connectivity index (χ3v) is 11.0. The predicted molar refractivity (Wildman–Crippen MR) is 208 cm³/mol. The van der Waals surface area contributed by atoms with E-state index in [2.05, 4.69) is 34.0 Å². The van der Waals surface area contributed by atoms with Crippen LogP contribution in [-0.2, 0) is 19.3 Å². The highest BCUT2D eigenvalue weighted by Gasteiger charge is 2.40. The Morgan fingerprint density at radius 2 is 0.966 bits per heavy atom. The monoisotopic (exact) mass is 814 g/mol. The Kier molecular flexibility index (Phi) is 14.1. The summed E-state index contributed by atoms with van der Waals surface area (Å²) in [5.41, 5.74) is 3.91. The minimum absolute atomic E-state index is 0.149. The van der Waals surface area contributed by atoms with Crippen LogP contribution in [-0.4, -0.2) is 125 Å². The van der Waals surface area contributed by atoms with Crippen LogP contribution in [0.3, 0.4) is 0 Å². The Morgan fingerprint density at radius 3 is 1.29 bits per heavy atom. The normalized spacial score (nSPS) is 23.1. The molecule has 0 aromatic heterocycles. The SMILES string of the molecule is COc1cc(C2ON=C(CN3CCCCC3)C2C)c(OC)c2c1OCO2.COc1cc(C2ON=C(CN3CCCCC3)C2C)c(OC)c2c1OCO2.O=C(O)C(=O)O. The van der Waals surface area contributed by atoms with E-state index in [-0.39, 0.29) is 37.6 Å². The summed E-state index contributed by atoms with van der Waals surface area (Å²) < 4.78 is 44.5. The lowest BCUT2D eigenvalue weighted by atomic mass is 9.92. The Balaban J connectivity index is 0.000000172. The van der Waals surface area contributed by atoms with Gasteiger partial charge in [0.2, 0.25) is 36.6 Å². The van der Waals surface area contributed by atoms with E-state index in [1.165, 1.54) is 38.5 Å². The standard InChI is InChI=1S/2C19H26N2O5.C2H2O4/c2*1-12-14(10-21-7-5-4-6-8-21)20-26-16(12)13-9-15(22-2)18-19(17(13)23-3)25-11-24-18;3-1(4)2(5)6/h2*9,12,16H,4-8,10-11H2,1-3H3;(H,3,4)(H,5,6). The molecule has 0 aliphatic carbocycles. The molecular weight excluding hydrogens is 760 g/mol. The summed E-state index contributed by atoms with van der Waals surface area (Å²) in [5, 5.41) is 23.6. The molecule has 2 N–H and O–H groups in total. The van der Waals surface area contributed by atoms with Gasteiger partial charge in [0.1, 0.15) is 0 Å². The zero-order valence-corrected chi connectivity index (χ0v) is 33.9. The van der Waals surface area contributed by atoms with Crippen LogP contribution in [0.4, 0.5) is 0 Å². The second-order valence-corrected chi connectivity index (χ2v) is 14.6. The number of piperidine rings is 2. The molecule has 8 rings (SSSR count). The smallest absolute Gasteiger partial charge is 0.414 e. The minimum atomic E-state index is -1.82. The van der Waals surface area contributed by atoms with Gasteiger partial charge in [-0.3, -0.25) is 9.80 Å². The van der Waals surface area contributed by atoms with Gasteiger partial charge in [-0.25, -0.2) is 9.59 Å². The van der Waals surface area contributed by atoms with Crippen molar-refractivity contribution < 1.29 is 67.4 Å². The first-order valence-electron chi connectivity index (χ1n) is 19.5. The lowest BCUT2D eigenvalue weighted by molar-refractivity contribution is -0.159. The average Bonchev–Trinajstić information content (AvgIpc) is 4.07. The highest BCUT2D eigenvalue weighted by molar-refractivity contribution is 6.27. The van der Waals surface area contributed by atoms with Crippen molar-refractivity contribution >= 4 is 23.4 Å². The summed E-state index contributed by atoms with van der Waals surface area (Å²) in [4.78, 5) is 34.8. The maximum Gasteiger partial charge on any atom is 0.414 e. The molecule has 0 amide bonds. The Labute approximate surface area is 337 Å². The predicted octanol–water partition coefficient (Wildman–Crippen LogP) is 5.12. The number of ether oxygens (including phenoxy) is 8. The summed E-state index contributed by atoms with van der Waals surface area (Å²) in [6.45, 7) is 10.9. The molecule has 2 saturated heterocycles. The summed E-state index contributed by atoms with van der Waals surface area (Å²) in [6, 6.07) is 3.82. The molecule has 0 radical (unpaired) electrons. The van der Waals surface area contributed by atoms with Gasteiger partial charge in [0, 0.05) is 36.1 Å². The molecule has 2 fully saturated rings. The fourth-order valence-electron chi connectivity index (χ4n) is 7.85. The molecule has 58 heavy (non-hydrogen) atoms. The molecule has 0 spiro atoms. The van der Waals surface area contributed by atoms with Crippen molar-refractivity contribution in [1.29, 1.82) is 0 Å². The summed E-state index contributed by atoms with van der Waals surface area (Å²) in [6.07, 6.45) is 7.25. The van der Waals surface area contributed by atoms with Gasteiger partial charge in [0.15, 0.2) is 35.2 Å². The highest BCUT2D eigenvalue weighted by atomic mass is 16.7. The molecule has 6 heterocycles. The molecule has 4 atom stereocenters. The van der Waals surface area contributed by atoms with Crippen LogP contribution >= 0.6 is 0 Å². The lowest BCUT2D eigenvalue weighted by Crippen LogP contribution is -2.36. The topological polar surface area (TPSA) is 198 Å². The second kappa shape index (κ2) is 19.4. The van der Waals surface area contributed by atoms with E-state index < -0.39 is 11.9 Å². The number of carbonyl (C=O) groups is 2. The second-order valence-electron chi connectivity index (χ2n) is 14.6. The quantitative estimate of drug-likeness (QED) is 0.300. The van der Waals surface area contributed by atoms with Crippen molar-refractivity contribution in [2.24, 2.45) is 22.1 Å². The molecule has 2 aromatic carbocycles. The van der Waals surface area contributed by atoms with Crippen LogP contribution in [0.2, 0.25) is 0 Å². The van der Waals surface area contributed by atoms with Gasteiger partial charge in [-0.15, -0.1) is 0 Å². The molecule has 18 heteroatoms. The highest BCUT2D eigenvalue weighted by Crippen LogP contribution is 2.54. The van der Waals surface area contributed by atoms with Crippen LogP contribution in [0.25, 0.3) is 0 Å². The number of hydrogen-bond donors (Lipinski definition) is 2. The van der Waals surface area contributed by atoms with E-state index in [1.807, 2.05) is 12.1 Å². The fourth-order valence-corrected chi connectivity index (χ4v) is 7.85. The van der Waals surface area contributed by atoms with Crippen LogP contribution in [0.15, 0.2) is 22.4 Å². The number of carboxylic acids is 2. The van der Waals surface area contributed by atoms with Crippen molar-refractivity contribution in [3.63, 3.8) is 0 Å². The molecular formula is C40H54N4O14. The number of hydrogen-bond acceptors (Lipinski definition) is 16. The van der Waals surface area contributed by atoms with E-state index in [9.17, 15) is 0 Å².